The van der Waals surface area contributed by atoms with Crippen molar-refractivity contribution in [1.29, 1.82) is 0 Å². The summed E-state index contributed by atoms with van der Waals surface area (Å²) in [6.45, 7) is 53.4. The van der Waals surface area contributed by atoms with E-state index in [4.69, 9.17) is 19.9 Å². The van der Waals surface area contributed by atoms with Gasteiger partial charge in [-0.3, -0.25) is 29.7 Å². The van der Waals surface area contributed by atoms with Crippen LogP contribution >= 0.6 is 0 Å². The van der Waals surface area contributed by atoms with Gasteiger partial charge >= 0.3 is 0 Å². The molecule has 4 aromatic heterocycles. The lowest BCUT2D eigenvalue weighted by Gasteiger charge is -2.59. The molecule has 5 aromatic rings. The van der Waals surface area contributed by atoms with Gasteiger partial charge in [0.1, 0.15) is 0 Å². The zero-order valence-electron chi connectivity index (χ0n) is 53.7. The van der Waals surface area contributed by atoms with Gasteiger partial charge in [0.15, 0.2) is 0 Å². The predicted octanol–water partition coefficient (Wildman–Crippen LogP) is 15.4. The Morgan fingerprint density at radius 2 is 0.875 bits per heavy atom. The molecule has 12 aliphatic rings. The number of anilines is 1. The van der Waals surface area contributed by atoms with Gasteiger partial charge in [0.25, 0.3) is 0 Å². The minimum atomic E-state index is 0.206. The van der Waals surface area contributed by atoms with Crippen LogP contribution in [0.2, 0.25) is 0 Å². The minimum absolute atomic E-state index is 0.206. The summed E-state index contributed by atoms with van der Waals surface area (Å²) in [5, 5.41) is 0. The molecule has 0 amide bonds. The zero-order chi connectivity index (χ0) is 57.7. The fourth-order valence-electron chi connectivity index (χ4n) is 19.6. The van der Waals surface area contributed by atoms with E-state index < -0.39 is 0 Å². The molecule has 0 radical (unpaired) electrons. The lowest BCUT2D eigenvalue weighted by molar-refractivity contribution is -0.0627. The van der Waals surface area contributed by atoms with Crippen molar-refractivity contribution in [2.24, 2.45) is 16.7 Å². The second kappa shape index (κ2) is 22.2. The molecule has 12 aliphatic heterocycles. The SMILES string of the molecule is Cc1cc(C)c(C2C(C)N3CCC2(C)CC3)c(C)n1.Cc1cc(C)c(C2C(C)N3CCC2(C)CC3C)c(C)n1.Cc1cc(C)c(C2C(C)N3CCC2(C)c2ccccc23)c(C)n1.Cc1cc(C)c(C2C3CCN(CC3)C2C)c(C)n1. The predicted molar refractivity (Wildman–Crippen MR) is 335 cm³/mol. The maximum Gasteiger partial charge on any atom is 0.0414 e. The normalized spacial score (nSPS) is 35.1. The summed E-state index contributed by atoms with van der Waals surface area (Å²) in [5.41, 5.74) is 25.5. The Labute approximate surface area is 485 Å². The summed E-state index contributed by atoms with van der Waals surface area (Å²) in [4.78, 5) is 29.7. The van der Waals surface area contributed by atoms with Crippen molar-refractivity contribution < 1.29 is 0 Å². The number of hydrogen-bond acceptors (Lipinski definition) is 8. The number of para-hydroxylation sites is 1. The van der Waals surface area contributed by atoms with Crippen molar-refractivity contribution in [3.05, 3.63) is 144 Å². The van der Waals surface area contributed by atoms with Crippen LogP contribution in [-0.2, 0) is 5.41 Å². The number of pyridine rings is 4. The van der Waals surface area contributed by atoms with Crippen LogP contribution in [-0.4, -0.2) is 104 Å². The molecule has 10 saturated heterocycles. The van der Waals surface area contributed by atoms with Crippen molar-refractivity contribution in [1.82, 2.24) is 34.6 Å². The highest BCUT2D eigenvalue weighted by Crippen LogP contribution is 2.58. The highest BCUT2D eigenvalue weighted by molar-refractivity contribution is 5.65. The fraction of sp³-hybridized carbons (Fsp3) is 0.639. The van der Waals surface area contributed by atoms with Gasteiger partial charge in [-0.05, 0) is 293 Å². The summed E-state index contributed by atoms with van der Waals surface area (Å²) in [5.74, 6) is 3.40. The van der Waals surface area contributed by atoms with Crippen molar-refractivity contribution in [3.8, 4) is 0 Å². The molecule has 0 spiro atoms. The van der Waals surface area contributed by atoms with Crippen molar-refractivity contribution in [3.63, 3.8) is 0 Å². The van der Waals surface area contributed by atoms with Gasteiger partial charge in [-0.15, -0.1) is 0 Å². The summed E-state index contributed by atoms with van der Waals surface area (Å²) < 4.78 is 0. The molecule has 16 heterocycles. The van der Waals surface area contributed by atoms with E-state index in [2.05, 4.69) is 207 Å². The lowest BCUT2D eigenvalue weighted by Crippen LogP contribution is -2.60. The molecule has 8 bridgehead atoms. The first-order chi connectivity index (χ1) is 37.8. The summed E-state index contributed by atoms with van der Waals surface area (Å²) in [6.07, 6.45) is 9.33. The van der Waals surface area contributed by atoms with E-state index >= 15 is 0 Å². The van der Waals surface area contributed by atoms with Crippen LogP contribution in [0.25, 0.3) is 0 Å². The molecule has 0 saturated carbocycles. The number of nitrogens with zero attached hydrogens (tertiary/aromatic N) is 8. The molecular formula is C72H104N8. The average molecular weight is 1080 g/mol. The maximum absolute atomic E-state index is 4.80. The van der Waals surface area contributed by atoms with Crippen molar-refractivity contribution >= 4 is 5.69 Å². The summed E-state index contributed by atoms with van der Waals surface area (Å²) in [7, 11) is 0. The first-order valence-corrected chi connectivity index (χ1v) is 31.7. The number of aryl methyl sites for hydroxylation is 12. The first kappa shape index (κ1) is 58.7. The van der Waals surface area contributed by atoms with Crippen LogP contribution in [0.15, 0.2) is 48.5 Å². The molecule has 10 fully saturated rings. The molecule has 80 heavy (non-hydrogen) atoms. The molecule has 1 aromatic carbocycles. The van der Waals surface area contributed by atoms with E-state index in [0.717, 1.165) is 34.7 Å². The highest BCUT2D eigenvalue weighted by atomic mass is 15.2. The number of hydrogen-bond donors (Lipinski definition) is 0. The van der Waals surface area contributed by atoms with Crippen LogP contribution in [0, 0.1) is 99.8 Å². The largest absolute Gasteiger partial charge is 0.368 e. The molecule has 8 heteroatoms. The maximum atomic E-state index is 4.80. The van der Waals surface area contributed by atoms with Crippen LogP contribution in [0.4, 0.5) is 5.69 Å². The smallest absolute Gasteiger partial charge is 0.0414 e. The molecule has 0 N–H and O–H groups in total. The second-order valence-corrected chi connectivity index (χ2v) is 28.4. The fourth-order valence-corrected chi connectivity index (χ4v) is 19.6. The van der Waals surface area contributed by atoms with Crippen LogP contribution in [0.5, 0.6) is 0 Å². The van der Waals surface area contributed by atoms with E-state index in [0.29, 0.717) is 58.7 Å². The number of fused-ring (bicyclic) bond motifs is 11. The molecule has 12 atom stereocenters. The third-order valence-corrected chi connectivity index (χ3v) is 22.9. The van der Waals surface area contributed by atoms with Gasteiger partial charge in [0.2, 0.25) is 0 Å². The zero-order valence-corrected chi connectivity index (χ0v) is 53.7. The van der Waals surface area contributed by atoms with E-state index in [9.17, 15) is 0 Å². The van der Waals surface area contributed by atoms with Gasteiger partial charge < -0.3 is 9.80 Å². The topological polar surface area (TPSA) is 64.5 Å². The number of aromatic nitrogens is 4. The lowest BCUT2D eigenvalue weighted by atomic mass is 9.58. The van der Waals surface area contributed by atoms with Crippen molar-refractivity contribution in [2.75, 3.05) is 44.2 Å². The minimum Gasteiger partial charge on any atom is -0.368 e. The first-order valence-electron chi connectivity index (χ1n) is 31.7. The van der Waals surface area contributed by atoms with Crippen LogP contribution in [0.3, 0.4) is 0 Å². The van der Waals surface area contributed by atoms with Gasteiger partial charge in [-0.25, -0.2) is 0 Å². The highest BCUT2D eigenvalue weighted by Gasteiger charge is 2.54. The molecule has 8 nitrogen and oxygen atoms in total. The van der Waals surface area contributed by atoms with Crippen LogP contribution in [0.1, 0.15) is 220 Å². The number of piperidine rings is 10. The Morgan fingerprint density at radius 3 is 1.32 bits per heavy atom. The van der Waals surface area contributed by atoms with Crippen molar-refractivity contribution in [2.45, 2.75) is 243 Å². The van der Waals surface area contributed by atoms with Gasteiger partial charge in [-0.1, -0.05) is 39.0 Å². The number of benzene rings is 1. The molecular weight excluding hydrogens is 977 g/mol. The Balaban J connectivity index is 0.000000121. The van der Waals surface area contributed by atoms with Gasteiger partial charge in [0.05, 0.1) is 0 Å². The van der Waals surface area contributed by atoms with E-state index in [1.54, 1.807) is 5.56 Å². The Hall–Kier alpha value is -4.50. The monoisotopic (exact) mass is 1080 g/mol. The Kier molecular flexibility index (Phi) is 16.3. The third kappa shape index (κ3) is 10.3. The number of rotatable bonds is 4. The van der Waals surface area contributed by atoms with E-state index in [1.807, 2.05) is 0 Å². The Morgan fingerprint density at radius 1 is 0.438 bits per heavy atom. The summed E-state index contributed by atoms with van der Waals surface area (Å²) in [6, 6.07) is 21.3. The van der Waals surface area contributed by atoms with E-state index in [1.165, 1.54) is 157 Å². The molecule has 12 unspecified atom stereocenters. The average Bonchev–Trinajstić information content (AvgIpc) is 3.54. The molecule has 432 valence electrons. The van der Waals surface area contributed by atoms with Crippen LogP contribution < -0.4 is 4.90 Å². The molecule has 17 rings (SSSR count). The van der Waals surface area contributed by atoms with Gasteiger partial charge in [-0.2, -0.15) is 0 Å². The second-order valence-electron chi connectivity index (χ2n) is 28.4. The Bertz CT molecular complexity index is 2990. The molecule has 0 aliphatic carbocycles. The van der Waals surface area contributed by atoms with Gasteiger partial charge in [0, 0.05) is 117 Å². The summed E-state index contributed by atoms with van der Waals surface area (Å²) >= 11 is 0. The quantitative estimate of drug-likeness (QED) is 0.176. The standard InChI is InChI=1S/C21H26N2.C18H28N2.C17H26N2.C16H24N2/c1-13-12-14(2)22-15(3)19(13)20-16(4)23-11-10-21(20,5)17-8-6-7-9-18(17)23;1-11-9-12(2)19-14(4)16(11)17-15(5)20-8-7-18(17,6)10-13(20)3;1-11-10-12(2)18-13(3)15(11)16-14(4)19-8-6-17(16,5)7-9-19;1-10-9-11(2)17-12(3)15(10)16-13(4)18-7-5-14(16)6-8-18/h6-9,12,16,20H,10-11H2,1-5H3;9,13,15,17H,7-8,10H2,1-6H3;10,14,16H,6-9H2,1-5H3;9,13-14,16H,5-8H2,1-4H3. The third-order valence-electron chi connectivity index (χ3n) is 22.9. The van der Waals surface area contributed by atoms with E-state index in [-0.39, 0.29) is 5.41 Å².